The normalized spacial score (nSPS) is 10.1. The van der Waals surface area contributed by atoms with Gasteiger partial charge in [-0.3, -0.25) is 4.79 Å². The summed E-state index contributed by atoms with van der Waals surface area (Å²) in [5.74, 6) is 0.183. The first-order chi connectivity index (χ1) is 8.67. The molecule has 0 aromatic heterocycles. The van der Waals surface area contributed by atoms with Crippen LogP contribution in [-0.2, 0) is 0 Å². The fraction of sp³-hybridized carbons (Fsp3) is 0.133. The van der Waals surface area contributed by atoms with E-state index in [2.05, 4.69) is 0 Å². The number of aldehydes is 1. The van der Waals surface area contributed by atoms with Crippen LogP contribution in [0.4, 0.5) is 0 Å². The Morgan fingerprint density at radius 3 is 2.56 bits per heavy atom. The van der Waals surface area contributed by atoms with Crippen molar-refractivity contribution >= 4 is 6.29 Å². The highest BCUT2D eigenvalue weighted by molar-refractivity contribution is 5.85. The topological polar surface area (TPSA) is 46.5 Å². The third-order valence-corrected chi connectivity index (χ3v) is 2.91. The van der Waals surface area contributed by atoms with Gasteiger partial charge in [-0.15, -0.1) is 0 Å². The first kappa shape index (κ1) is 12.2. The lowest BCUT2D eigenvalue weighted by Gasteiger charge is -2.11. The van der Waals surface area contributed by atoms with E-state index in [1.807, 2.05) is 31.2 Å². The number of methoxy groups -OCH3 is 1. The minimum atomic E-state index is -0.121. The Morgan fingerprint density at radius 1 is 1.22 bits per heavy atom. The molecule has 1 N–H and O–H groups in total. The van der Waals surface area contributed by atoms with Crippen molar-refractivity contribution in [1.29, 1.82) is 0 Å². The second-order valence-electron chi connectivity index (χ2n) is 4.05. The van der Waals surface area contributed by atoms with Gasteiger partial charge in [0, 0.05) is 0 Å². The molecule has 0 aliphatic heterocycles. The van der Waals surface area contributed by atoms with E-state index in [9.17, 15) is 9.90 Å². The van der Waals surface area contributed by atoms with Gasteiger partial charge in [-0.25, -0.2) is 0 Å². The Balaban J connectivity index is 2.66. The highest BCUT2D eigenvalue weighted by atomic mass is 16.5. The molecular formula is C15H14O3. The van der Waals surface area contributed by atoms with Gasteiger partial charge in [0.2, 0.25) is 0 Å². The minimum absolute atomic E-state index is 0.121. The summed E-state index contributed by atoms with van der Waals surface area (Å²) in [5.41, 5.74) is 3.19. The maximum Gasteiger partial charge on any atom is 0.168 e. The molecule has 3 nitrogen and oxygen atoms in total. The maximum atomic E-state index is 10.9. The van der Waals surface area contributed by atoms with Crippen molar-refractivity contribution in [2.45, 2.75) is 6.92 Å². The molecule has 2 aromatic carbocycles. The fourth-order valence-electron chi connectivity index (χ4n) is 1.93. The van der Waals surface area contributed by atoms with Crippen LogP contribution >= 0.6 is 0 Å². The van der Waals surface area contributed by atoms with E-state index in [-0.39, 0.29) is 11.3 Å². The number of aromatic hydroxyl groups is 1. The van der Waals surface area contributed by atoms with Crippen molar-refractivity contribution in [1.82, 2.24) is 0 Å². The smallest absolute Gasteiger partial charge is 0.168 e. The Hall–Kier alpha value is -2.29. The van der Waals surface area contributed by atoms with Crippen molar-refractivity contribution in [3.05, 3.63) is 47.5 Å². The van der Waals surface area contributed by atoms with Gasteiger partial charge in [-0.1, -0.05) is 24.3 Å². The molecule has 0 saturated heterocycles. The van der Waals surface area contributed by atoms with E-state index in [0.29, 0.717) is 12.0 Å². The van der Waals surface area contributed by atoms with Gasteiger partial charge in [-0.05, 0) is 35.7 Å². The zero-order valence-electron chi connectivity index (χ0n) is 10.3. The molecule has 3 heteroatoms. The average molecular weight is 242 g/mol. The molecule has 0 bridgehead atoms. The molecule has 0 unspecified atom stereocenters. The summed E-state index contributed by atoms with van der Waals surface area (Å²) in [6.45, 7) is 2.00. The van der Waals surface area contributed by atoms with E-state index in [4.69, 9.17) is 4.74 Å². The fourth-order valence-corrected chi connectivity index (χ4v) is 1.93. The standard InChI is InChI=1S/C15H14O3/c1-10-5-3-4-6-13(10)11-7-12(9-16)15(17)14(8-11)18-2/h3-9,17H,1-2H3. The number of carbonyl (C=O) groups is 1. The SMILES string of the molecule is COc1cc(-c2ccccc2C)cc(C=O)c1O. The van der Waals surface area contributed by atoms with Crippen molar-refractivity contribution in [2.75, 3.05) is 7.11 Å². The van der Waals surface area contributed by atoms with Gasteiger partial charge in [0.15, 0.2) is 17.8 Å². The van der Waals surface area contributed by atoms with Crippen LogP contribution in [0.2, 0.25) is 0 Å². The molecule has 18 heavy (non-hydrogen) atoms. The first-order valence-corrected chi connectivity index (χ1v) is 5.59. The third kappa shape index (κ3) is 2.07. The summed E-state index contributed by atoms with van der Waals surface area (Å²) in [6.07, 6.45) is 0.625. The molecule has 0 spiro atoms. The number of rotatable bonds is 3. The summed E-state index contributed by atoms with van der Waals surface area (Å²) in [7, 11) is 1.46. The lowest BCUT2D eigenvalue weighted by molar-refractivity contribution is 0.112. The lowest BCUT2D eigenvalue weighted by atomic mass is 9.98. The van der Waals surface area contributed by atoms with Crippen LogP contribution < -0.4 is 4.74 Å². The molecule has 92 valence electrons. The van der Waals surface area contributed by atoms with Crippen molar-refractivity contribution in [2.24, 2.45) is 0 Å². The Labute approximate surface area is 106 Å². The highest BCUT2D eigenvalue weighted by Gasteiger charge is 2.11. The quantitative estimate of drug-likeness (QED) is 0.841. The molecule has 0 saturated carbocycles. The molecule has 2 aromatic rings. The Morgan fingerprint density at radius 2 is 1.94 bits per heavy atom. The number of ether oxygens (including phenoxy) is 1. The number of hydrogen-bond donors (Lipinski definition) is 1. The van der Waals surface area contributed by atoms with Crippen LogP contribution in [0.5, 0.6) is 11.5 Å². The summed E-state index contributed by atoms with van der Waals surface area (Å²) < 4.78 is 5.08. The van der Waals surface area contributed by atoms with Gasteiger partial charge in [0.25, 0.3) is 0 Å². The molecule has 0 aliphatic rings. The van der Waals surface area contributed by atoms with Crippen LogP contribution in [-0.4, -0.2) is 18.5 Å². The van der Waals surface area contributed by atoms with Gasteiger partial charge >= 0.3 is 0 Å². The Bertz CT molecular complexity index is 588. The zero-order valence-corrected chi connectivity index (χ0v) is 10.3. The average Bonchev–Trinajstić information content (AvgIpc) is 2.40. The highest BCUT2D eigenvalue weighted by Crippen LogP contribution is 2.35. The van der Waals surface area contributed by atoms with Crippen LogP contribution in [0.3, 0.4) is 0 Å². The van der Waals surface area contributed by atoms with Crippen LogP contribution in [0, 0.1) is 6.92 Å². The molecule has 0 atom stereocenters. The molecule has 0 aliphatic carbocycles. The van der Waals surface area contributed by atoms with Gasteiger partial charge in [-0.2, -0.15) is 0 Å². The molecule has 0 radical (unpaired) electrons. The number of benzene rings is 2. The van der Waals surface area contributed by atoms with Gasteiger partial charge in [0.05, 0.1) is 12.7 Å². The second kappa shape index (κ2) is 4.92. The molecular weight excluding hydrogens is 228 g/mol. The summed E-state index contributed by atoms with van der Waals surface area (Å²) in [4.78, 5) is 10.9. The number of carbonyl (C=O) groups excluding carboxylic acids is 1. The number of aryl methyl sites for hydroxylation is 1. The van der Waals surface area contributed by atoms with E-state index < -0.39 is 0 Å². The lowest BCUT2D eigenvalue weighted by Crippen LogP contribution is -1.91. The Kier molecular flexibility index (Phi) is 3.33. The predicted molar refractivity (Wildman–Crippen MR) is 70.2 cm³/mol. The monoisotopic (exact) mass is 242 g/mol. The zero-order chi connectivity index (χ0) is 13.1. The molecule has 2 rings (SSSR count). The van der Waals surface area contributed by atoms with Crippen LogP contribution in [0.25, 0.3) is 11.1 Å². The predicted octanol–water partition coefficient (Wildman–Crippen LogP) is 3.19. The van der Waals surface area contributed by atoms with E-state index >= 15 is 0 Å². The molecule has 0 fully saturated rings. The number of phenolic OH excluding ortho intramolecular Hbond substituents is 1. The minimum Gasteiger partial charge on any atom is -0.504 e. The van der Waals surface area contributed by atoms with E-state index in [0.717, 1.165) is 16.7 Å². The molecule has 0 heterocycles. The number of hydrogen-bond acceptors (Lipinski definition) is 3. The summed E-state index contributed by atoms with van der Waals surface area (Å²) >= 11 is 0. The van der Waals surface area contributed by atoms with Crippen LogP contribution in [0.1, 0.15) is 15.9 Å². The van der Waals surface area contributed by atoms with Gasteiger partial charge in [0.1, 0.15) is 0 Å². The maximum absolute atomic E-state index is 10.9. The van der Waals surface area contributed by atoms with Gasteiger partial charge < -0.3 is 9.84 Å². The van der Waals surface area contributed by atoms with Crippen molar-refractivity contribution in [3.8, 4) is 22.6 Å². The number of phenols is 1. The largest absolute Gasteiger partial charge is 0.504 e. The summed E-state index contributed by atoms with van der Waals surface area (Å²) in [5, 5.41) is 9.77. The molecule has 0 amide bonds. The van der Waals surface area contributed by atoms with Crippen molar-refractivity contribution in [3.63, 3.8) is 0 Å². The van der Waals surface area contributed by atoms with E-state index in [1.165, 1.54) is 7.11 Å². The third-order valence-electron chi connectivity index (χ3n) is 2.91. The first-order valence-electron chi connectivity index (χ1n) is 5.59. The van der Waals surface area contributed by atoms with Crippen LogP contribution in [0.15, 0.2) is 36.4 Å². The van der Waals surface area contributed by atoms with Crippen molar-refractivity contribution < 1.29 is 14.6 Å². The van der Waals surface area contributed by atoms with E-state index in [1.54, 1.807) is 12.1 Å². The summed E-state index contributed by atoms with van der Waals surface area (Å²) in [6, 6.07) is 11.2. The second-order valence-corrected chi connectivity index (χ2v) is 4.05.